The lowest BCUT2D eigenvalue weighted by Gasteiger charge is -2.51. The highest BCUT2D eigenvalue weighted by Gasteiger charge is 2.53. The molecule has 1 atom stereocenters. The predicted octanol–water partition coefficient (Wildman–Crippen LogP) is 3.48. The first kappa shape index (κ1) is 20.1. The molecule has 2 saturated heterocycles. The second kappa shape index (κ2) is 7.59. The number of rotatable bonds is 4. The molecular formula is C21H21Cl2N3O3. The molecule has 8 heteroatoms. The minimum atomic E-state index is -0.634. The molecular weight excluding hydrogens is 413 g/mol. The number of carbonyl (C=O) groups is 2. The van der Waals surface area contributed by atoms with E-state index in [1.807, 2.05) is 26.0 Å². The van der Waals surface area contributed by atoms with Gasteiger partial charge < -0.3 is 9.64 Å². The second-order valence-corrected chi connectivity index (χ2v) is 8.79. The zero-order chi connectivity index (χ0) is 20.8. The third-order valence-corrected chi connectivity index (χ3v) is 5.95. The van der Waals surface area contributed by atoms with E-state index in [4.69, 9.17) is 27.9 Å². The first-order valence-electron chi connectivity index (χ1n) is 9.34. The Bertz CT molecular complexity index is 960. The van der Waals surface area contributed by atoms with Crippen molar-refractivity contribution in [1.29, 1.82) is 0 Å². The summed E-state index contributed by atoms with van der Waals surface area (Å²) in [5, 5.41) is 1.11. The highest BCUT2D eigenvalue weighted by Crippen LogP contribution is 2.38. The van der Waals surface area contributed by atoms with Crippen molar-refractivity contribution in [2.45, 2.75) is 26.4 Å². The summed E-state index contributed by atoms with van der Waals surface area (Å²) < 4.78 is 5.41. The van der Waals surface area contributed by atoms with Gasteiger partial charge in [-0.15, -0.1) is 0 Å². The Balaban J connectivity index is 1.69. The van der Waals surface area contributed by atoms with E-state index in [1.165, 1.54) is 11.1 Å². The van der Waals surface area contributed by atoms with Crippen LogP contribution in [-0.4, -0.2) is 47.5 Å². The van der Waals surface area contributed by atoms with E-state index in [0.29, 0.717) is 35.6 Å². The first-order chi connectivity index (χ1) is 13.8. The Morgan fingerprint density at radius 1 is 1.17 bits per heavy atom. The molecule has 2 amide bonds. The lowest BCUT2D eigenvalue weighted by molar-refractivity contribution is -0.174. The van der Waals surface area contributed by atoms with Gasteiger partial charge in [0.05, 0.1) is 18.2 Å². The molecule has 0 aliphatic carbocycles. The van der Waals surface area contributed by atoms with Gasteiger partial charge in [-0.3, -0.25) is 14.5 Å². The van der Waals surface area contributed by atoms with Gasteiger partial charge in [-0.05, 0) is 36.2 Å². The fourth-order valence-electron chi connectivity index (χ4n) is 3.95. The quantitative estimate of drug-likeness (QED) is 0.740. The van der Waals surface area contributed by atoms with E-state index in [0.717, 1.165) is 11.1 Å². The van der Waals surface area contributed by atoms with Crippen LogP contribution in [0.25, 0.3) is 0 Å². The number of ether oxygens (including phenoxy) is 1. The third kappa shape index (κ3) is 3.72. The minimum absolute atomic E-state index is 0.0602. The van der Waals surface area contributed by atoms with Crippen LogP contribution in [0.1, 0.15) is 18.1 Å². The summed E-state index contributed by atoms with van der Waals surface area (Å²) >= 11 is 12.0. The number of hydrogen-bond donors (Lipinski definition) is 0. The summed E-state index contributed by atoms with van der Waals surface area (Å²) in [5.74, 6) is 0.184. The Morgan fingerprint density at radius 2 is 1.86 bits per heavy atom. The molecule has 29 heavy (non-hydrogen) atoms. The summed E-state index contributed by atoms with van der Waals surface area (Å²) in [4.78, 5) is 34.2. The van der Waals surface area contributed by atoms with Gasteiger partial charge in [-0.1, -0.05) is 42.3 Å². The maximum Gasteiger partial charge on any atom is 0.252 e. The number of hydrogen-bond acceptors (Lipinski definition) is 4. The van der Waals surface area contributed by atoms with Crippen molar-refractivity contribution in [1.82, 2.24) is 9.88 Å². The van der Waals surface area contributed by atoms with E-state index in [9.17, 15) is 9.59 Å². The maximum atomic E-state index is 13.6. The molecule has 2 aliphatic rings. The van der Waals surface area contributed by atoms with Gasteiger partial charge in [0.15, 0.2) is 0 Å². The fourth-order valence-corrected chi connectivity index (χ4v) is 4.28. The van der Waals surface area contributed by atoms with Gasteiger partial charge in [-0.2, -0.15) is 0 Å². The van der Waals surface area contributed by atoms with Crippen molar-refractivity contribution in [2.75, 3.05) is 24.7 Å². The monoisotopic (exact) mass is 433 g/mol. The topological polar surface area (TPSA) is 62.7 Å². The zero-order valence-corrected chi connectivity index (χ0v) is 17.7. The molecule has 6 nitrogen and oxygen atoms in total. The van der Waals surface area contributed by atoms with Crippen LogP contribution in [0, 0.1) is 12.3 Å². The van der Waals surface area contributed by atoms with Crippen molar-refractivity contribution >= 4 is 40.8 Å². The van der Waals surface area contributed by atoms with E-state index in [-0.39, 0.29) is 18.4 Å². The number of benzene rings is 1. The summed E-state index contributed by atoms with van der Waals surface area (Å²) in [6.45, 7) is 4.93. The highest BCUT2D eigenvalue weighted by atomic mass is 35.5. The van der Waals surface area contributed by atoms with Gasteiger partial charge in [0.25, 0.3) is 5.91 Å². The number of pyridine rings is 1. The second-order valence-electron chi connectivity index (χ2n) is 7.92. The number of aromatic nitrogens is 1. The highest BCUT2D eigenvalue weighted by molar-refractivity contribution is 6.30. The summed E-state index contributed by atoms with van der Waals surface area (Å²) in [6.07, 6.45) is 1.49. The number of carbonyl (C=O) groups excluding carboxylic acids is 2. The molecule has 0 saturated carbocycles. The summed E-state index contributed by atoms with van der Waals surface area (Å²) in [7, 11) is 0. The average molecular weight is 434 g/mol. The van der Waals surface area contributed by atoms with Crippen molar-refractivity contribution in [2.24, 2.45) is 5.41 Å². The van der Waals surface area contributed by atoms with E-state index < -0.39 is 11.5 Å². The van der Waals surface area contributed by atoms with Crippen molar-refractivity contribution in [3.8, 4) is 0 Å². The molecule has 2 fully saturated rings. The maximum absolute atomic E-state index is 13.6. The molecule has 1 unspecified atom stereocenters. The summed E-state index contributed by atoms with van der Waals surface area (Å²) in [5.41, 5.74) is 1.22. The van der Waals surface area contributed by atoms with Crippen molar-refractivity contribution < 1.29 is 14.3 Å². The number of nitrogens with zero attached hydrogens (tertiary/aromatic N) is 3. The third-order valence-electron chi connectivity index (χ3n) is 5.49. The van der Waals surface area contributed by atoms with Crippen LogP contribution in [0.3, 0.4) is 0 Å². The normalized spacial score (nSPS) is 21.3. The van der Waals surface area contributed by atoms with Crippen LogP contribution >= 0.6 is 23.2 Å². The standard InChI is InChI=1S/C21H21Cl2N3O3/c1-13-7-16(23)8-24-19(13)26-10-17(27)25(9-14-3-5-15(22)6-4-14)18(20(26)28)21(2)11-29-12-21/h3-8,18H,9-12H2,1-2H3. The predicted molar refractivity (Wildman–Crippen MR) is 111 cm³/mol. The number of piperazine rings is 1. The SMILES string of the molecule is Cc1cc(Cl)cnc1N1CC(=O)N(Cc2ccc(Cl)cc2)C(C2(C)COC2)C1=O. The van der Waals surface area contributed by atoms with Crippen LogP contribution in [-0.2, 0) is 20.9 Å². The summed E-state index contributed by atoms with van der Waals surface area (Å²) in [6, 6.07) is 8.41. The number of aryl methyl sites for hydroxylation is 1. The van der Waals surface area contributed by atoms with Crippen LogP contribution in [0.5, 0.6) is 0 Å². The molecule has 0 spiro atoms. The molecule has 4 rings (SSSR count). The van der Waals surface area contributed by atoms with Crippen molar-refractivity contribution in [3.63, 3.8) is 0 Å². The van der Waals surface area contributed by atoms with Crippen LogP contribution in [0.4, 0.5) is 5.82 Å². The molecule has 2 aliphatic heterocycles. The lowest BCUT2D eigenvalue weighted by Crippen LogP contribution is -2.69. The Hall–Kier alpha value is -2.15. The number of halogens is 2. The van der Waals surface area contributed by atoms with Gasteiger partial charge >= 0.3 is 0 Å². The van der Waals surface area contributed by atoms with Crippen LogP contribution < -0.4 is 4.90 Å². The average Bonchev–Trinajstić information content (AvgIpc) is 2.65. The molecule has 0 bridgehead atoms. The molecule has 1 aromatic heterocycles. The Labute approximate surface area is 179 Å². The Morgan fingerprint density at radius 3 is 2.45 bits per heavy atom. The molecule has 0 N–H and O–H groups in total. The molecule has 0 radical (unpaired) electrons. The van der Waals surface area contributed by atoms with Crippen molar-refractivity contribution in [3.05, 3.63) is 57.7 Å². The first-order valence-corrected chi connectivity index (χ1v) is 10.1. The molecule has 3 heterocycles. The van der Waals surface area contributed by atoms with Gasteiger partial charge in [0.1, 0.15) is 18.4 Å². The fraction of sp³-hybridized carbons (Fsp3) is 0.381. The minimum Gasteiger partial charge on any atom is -0.380 e. The largest absolute Gasteiger partial charge is 0.380 e. The zero-order valence-electron chi connectivity index (χ0n) is 16.2. The van der Waals surface area contributed by atoms with Gasteiger partial charge in [0, 0.05) is 23.2 Å². The van der Waals surface area contributed by atoms with E-state index in [2.05, 4.69) is 4.98 Å². The smallest absolute Gasteiger partial charge is 0.252 e. The Kier molecular flexibility index (Phi) is 5.27. The number of anilines is 1. The van der Waals surface area contributed by atoms with Gasteiger partial charge in [0.2, 0.25) is 5.91 Å². The van der Waals surface area contributed by atoms with Crippen LogP contribution in [0.2, 0.25) is 10.0 Å². The molecule has 1 aromatic carbocycles. The van der Waals surface area contributed by atoms with E-state index in [1.54, 1.807) is 23.1 Å². The van der Waals surface area contributed by atoms with E-state index >= 15 is 0 Å². The molecule has 2 aromatic rings. The molecule has 152 valence electrons. The van der Waals surface area contributed by atoms with Gasteiger partial charge in [-0.25, -0.2) is 4.98 Å². The lowest BCUT2D eigenvalue weighted by atomic mass is 9.77. The van der Waals surface area contributed by atoms with Crippen LogP contribution in [0.15, 0.2) is 36.5 Å². The number of amides is 2.